The average Bonchev–Trinajstić information content (AvgIpc) is 2.59. The molecular formula is C19H28ClFN2O2. The number of halogens is 2. The zero-order valence-corrected chi connectivity index (χ0v) is 15.4. The fraction of sp³-hybridized carbons (Fsp3) is 0.632. The van der Waals surface area contributed by atoms with Crippen molar-refractivity contribution < 1.29 is 14.3 Å². The molecule has 2 saturated heterocycles. The van der Waals surface area contributed by atoms with Gasteiger partial charge in [0.25, 0.3) is 0 Å². The summed E-state index contributed by atoms with van der Waals surface area (Å²) in [5.74, 6) is -0.0537. The molecule has 6 heteroatoms. The topological polar surface area (TPSA) is 52.6 Å². The van der Waals surface area contributed by atoms with Crippen molar-refractivity contribution in [2.45, 2.75) is 44.6 Å². The highest BCUT2D eigenvalue weighted by atomic mass is 35.5. The summed E-state index contributed by atoms with van der Waals surface area (Å²) in [6.07, 6.45) is 4.48. The van der Waals surface area contributed by atoms with Crippen LogP contribution < -0.4 is 5.32 Å². The molecule has 4 nitrogen and oxygen atoms in total. The number of piperidine rings is 2. The SMILES string of the molecule is Cl.O=C(CCCc1ccc(F)cc1)N1CCC[C@]2(CNCC[C@@H]2O)C1. The van der Waals surface area contributed by atoms with E-state index in [1.165, 1.54) is 12.1 Å². The molecule has 1 aromatic rings. The molecule has 2 fully saturated rings. The fourth-order valence-electron chi connectivity index (χ4n) is 4.04. The molecule has 25 heavy (non-hydrogen) atoms. The van der Waals surface area contributed by atoms with E-state index >= 15 is 0 Å². The molecule has 0 aliphatic carbocycles. The third kappa shape index (κ3) is 4.93. The first kappa shape index (κ1) is 20.1. The molecule has 1 spiro atoms. The molecule has 1 aromatic carbocycles. The Bertz CT molecular complexity index is 565. The summed E-state index contributed by atoms with van der Waals surface area (Å²) in [4.78, 5) is 14.5. The predicted molar refractivity (Wildman–Crippen MR) is 98.3 cm³/mol. The average molecular weight is 371 g/mol. The maximum atomic E-state index is 12.9. The molecule has 0 bridgehead atoms. The van der Waals surface area contributed by atoms with Crippen LogP contribution in [0.2, 0.25) is 0 Å². The van der Waals surface area contributed by atoms with Gasteiger partial charge in [-0.3, -0.25) is 4.79 Å². The molecule has 2 aliphatic rings. The lowest BCUT2D eigenvalue weighted by molar-refractivity contribution is -0.138. The van der Waals surface area contributed by atoms with Gasteiger partial charge in [-0.25, -0.2) is 4.39 Å². The van der Waals surface area contributed by atoms with E-state index in [1.54, 1.807) is 12.1 Å². The van der Waals surface area contributed by atoms with Crippen LogP contribution in [-0.2, 0) is 11.2 Å². The monoisotopic (exact) mass is 370 g/mol. The van der Waals surface area contributed by atoms with Gasteiger partial charge in [0, 0.05) is 31.5 Å². The van der Waals surface area contributed by atoms with Gasteiger partial charge in [0.2, 0.25) is 5.91 Å². The second kappa shape index (κ2) is 8.97. The van der Waals surface area contributed by atoms with Crippen molar-refractivity contribution in [3.05, 3.63) is 35.6 Å². The summed E-state index contributed by atoms with van der Waals surface area (Å²) in [5.41, 5.74) is 0.898. The number of carbonyl (C=O) groups is 1. The Morgan fingerprint density at radius 2 is 2.12 bits per heavy atom. The first-order valence-electron chi connectivity index (χ1n) is 9.00. The van der Waals surface area contributed by atoms with Crippen LogP contribution in [0.3, 0.4) is 0 Å². The first-order chi connectivity index (χ1) is 11.6. The van der Waals surface area contributed by atoms with Crippen molar-refractivity contribution in [3.63, 3.8) is 0 Å². The molecule has 0 radical (unpaired) electrons. The summed E-state index contributed by atoms with van der Waals surface area (Å²) in [6, 6.07) is 6.48. The zero-order valence-electron chi connectivity index (χ0n) is 14.5. The number of carbonyl (C=O) groups excluding carboxylic acids is 1. The highest BCUT2D eigenvalue weighted by molar-refractivity contribution is 5.85. The number of hydrogen-bond acceptors (Lipinski definition) is 3. The second-order valence-corrected chi connectivity index (χ2v) is 7.24. The lowest BCUT2D eigenvalue weighted by atomic mass is 9.72. The van der Waals surface area contributed by atoms with E-state index in [1.807, 2.05) is 4.90 Å². The van der Waals surface area contributed by atoms with E-state index in [9.17, 15) is 14.3 Å². The van der Waals surface area contributed by atoms with E-state index in [4.69, 9.17) is 0 Å². The van der Waals surface area contributed by atoms with Gasteiger partial charge in [0.1, 0.15) is 5.82 Å². The minimum atomic E-state index is -0.312. The summed E-state index contributed by atoms with van der Waals surface area (Å²) in [5, 5.41) is 13.8. The molecule has 0 saturated carbocycles. The summed E-state index contributed by atoms with van der Waals surface area (Å²) < 4.78 is 12.9. The number of rotatable bonds is 4. The van der Waals surface area contributed by atoms with Crippen molar-refractivity contribution in [1.82, 2.24) is 10.2 Å². The van der Waals surface area contributed by atoms with Crippen molar-refractivity contribution in [3.8, 4) is 0 Å². The molecule has 2 atom stereocenters. The fourth-order valence-corrected chi connectivity index (χ4v) is 4.04. The van der Waals surface area contributed by atoms with Crippen molar-refractivity contribution in [2.24, 2.45) is 5.41 Å². The number of aliphatic hydroxyl groups excluding tert-OH is 1. The van der Waals surface area contributed by atoms with Gasteiger partial charge in [0.15, 0.2) is 0 Å². The number of nitrogens with one attached hydrogen (secondary N) is 1. The van der Waals surface area contributed by atoms with Gasteiger partial charge >= 0.3 is 0 Å². The Balaban J connectivity index is 0.00000225. The third-order valence-corrected chi connectivity index (χ3v) is 5.51. The quantitative estimate of drug-likeness (QED) is 0.856. The number of nitrogens with zero attached hydrogens (tertiary/aromatic N) is 1. The molecule has 2 N–H and O–H groups in total. The number of aliphatic hydroxyl groups is 1. The molecule has 1 amide bonds. The lowest BCUT2D eigenvalue weighted by Crippen LogP contribution is -2.58. The number of amides is 1. The molecule has 2 aliphatic heterocycles. The first-order valence-corrected chi connectivity index (χ1v) is 9.00. The number of aryl methyl sites for hydroxylation is 1. The second-order valence-electron chi connectivity index (χ2n) is 7.24. The molecule has 0 aromatic heterocycles. The van der Waals surface area contributed by atoms with Crippen molar-refractivity contribution >= 4 is 18.3 Å². The van der Waals surface area contributed by atoms with E-state index in [-0.39, 0.29) is 35.7 Å². The Hall–Kier alpha value is -1.17. The minimum absolute atomic E-state index is 0. The van der Waals surface area contributed by atoms with Crippen molar-refractivity contribution in [1.29, 1.82) is 0 Å². The Labute approximate surface area is 155 Å². The third-order valence-electron chi connectivity index (χ3n) is 5.51. The van der Waals surface area contributed by atoms with Crippen molar-refractivity contribution in [2.75, 3.05) is 26.2 Å². The maximum absolute atomic E-state index is 12.9. The van der Waals surface area contributed by atoms with Gasteiger partial charge in [-0.1, -0.05) is 12.1 Å². The summed E-state index contributed by atoms with van der Waals surface area (Å²) in [7, 11) is 0. The van der Waals surface area contributed by atoms with Gasteiger partial charge in [-0.2, -0.15) is 0 Å². The van der Waals surface area contributed by atoms with E-state index < -0.39 is 0 Å². The number of likely N-dealkylation sites (tertiary alicyclic amines) is 1. The van der Waals surface area contributed by atoms with Crippen LogP contribution in [-0.4, -0.2) is 48.2 Å². The van der Waals surface area contributed by atoms with Gasteiger partial charge in [-0.15, -0.1) is 12.4 Å². The predicted octanol–water partition coefficient (Wildman–Crippen LogP) is 2.53. The maximum Gasteiger partial charge on any atom is 0.222 e. The zero-order chi connectivity index (χ0) is 17.0. The molecule has 3 rings (SSSR count). The smallest absolute Gasteiger partial charge is 0.222 e. The molecular weight excluding hydrogens is 343 g/mol. The minimum Gasteiger partial charge on any atom is -0.392 e. The highest BCUT2D eigenvalue weighted by Crippen LogP contribution is 2.36. The Morgan fingerprint density at radius 3 is 2.84 bits per heavy atom. The van der Waals surface area contributed by atoms with Gasteiger partial charge in [-0.05, 0) is 56.3 Å². The lowest BCUT2D eigenvalue weighted by Gasteiger charge is -2.48. The number of benzene rings is 1. The van der Waals surface area contributed by atoms with E-state index in [2.05, 4.69) is 5.32 Å². The van der Waals surface area contributed by atoms with Crippen LogP contribution in [0.1, 0.15) is 37.7 Å². The largest absolute Gasteiger partial charge is 0.392 e. The van der Waals surface area contributed by atoms with E-state index in [0.717, 1.165) is 57.3 Å². The van der Waals surface area contributed by atoms with E-state index in [0.29, 0.717) is 13.0 Å². The highest BCUT2D eigenvalue weighted by Gasteiger charge is 2.43. The molecule has 2 heterocycles. The van der Waals surface area contributed by atoms with Gasteiger partial charge in [0.05, 0.1) is 6.10 Å². The van der Waals surface area contributed by atoms with Crippen LogP contribution in [0, 0.1) is 11.2 Å². The van der Waals surface area contributed by atoms with Crippen LogP contribution in [0.15, 0.2) is 24.3 Å². The van der Waals surface area contributed by atoms with Crippen LogP contribution >= 0.6 is 12.4 Å². The normalized spacial score (nSPS) is 26.3. The standard InChI is InChI=1S/C19H27FN2O2.ClH/c20-16-7-5-15(6-8-16)3-1-4-18(24)22-12-2-10-19(14-22)13-21-11-9-17(19)23;/h5-8,17,21,23H,1-4,9-14H2;1H/t17-,19-;/m0./s1. The van der Waals surface area contributed by atoms with Gasteiger partial charge < -0.3 is 15.3 Å². The van der Waals surface area contributed by atoms with Crippen LogP contribution in [0.25, 0.3) is 0 Å². The Morgan fingerprint density at radius 1 is 1.36 bits per heavy atom. The molecule has 140 valence electrons. The Kier molecular flexibility index (Phi) is 7.23. The molecule has 0 unspecified atom stereocenters. The summed E-state index contributed by atoms with van der Waals surface area (Å²) in [6.45, 7) is 3.11. The summed E-state index contributed by atoms with van der Waals surface area (Å²) >= 11 is 0. The number of hydrogen-bond donors (Lipinski definition) is 2. The van der Waals surface area contributed by atoms with Crippen LogP contribution in [0.4, 0.5) is 4.39 Å². The van der Waals surface area contributed by atoms with Crippen LogP contribution in [0.5, 0.6) is 0 Å².